The van der Waals surface area contributed by atoms with Gasteiger partial charge >= 0.3 is 23.7 Å². The molecule has 0 unspecified atom stereocenters. The zero-order chi connectivity index (χ0) is 60.5. The van der Waals surface area contributed by atoms with Crippen molar-refractivity contribution in [1.82, 2.24) is 49.5 Å². The Morgan fingerprint density at radius 1 is 0.627 bits per heavy atom. The summed E-state index contributed by atoms with van der Waals surface area (Å²) in [6.07, 6.45) is 17.3. The van der Waals surface area contributed by atoms with Crippen molar-refractivity contribution in [3.05, 3.63) is 95.6 Å². The Morgan fingerprint density at radius 3 is 1.52 bits per heavy atom. The van der Waals surface area contributed by atoms with Crippen LogP contribution in [0.2, 0.25) is 0 Å². The first-order valence-electron chi connectivity index (χ1n) is 29.8. The molecule has 4 saturated heterocycles. The minimum Gasteiger partial charge on any atom is -0.474 e. The monoisotopic (exact) mass is 1140 g/mol. The second-order valence-electron chi connectivity index (χ2n) is 26.6. The van der Waals surface area contributed by atoms with Gasteiger partial charge in [-0.25, -0.2) is 14.8 Å². The molecule has 4 aromatic heterocycles. The van der Waals surface area contributed by atoms with Crippen LogP contribution in [0.25, 0.3) is 21.8 Å². The lowest BCUT2D eigenvalue weighted by atomic mass is 9.77. The van der Waals surface area contributed by atoms with Gasteiger partial charge in [0.15, 0.2) is 0 Å². The van der Waals surface area contributed by atoms with Gasteiger partial charge in [0.05, 0.1) is 52.9 Å². The Hall–Kier alpha value is -6.96. The van der Waals surface area contributed by atoms with Crippen LogP contribution in [0.4, 0.5) is 23.0 Å². The standard InChI is InChI=1S/C32H45N7O2.C23H36N4.C9H11N3O3/c1-8-21-14-24(17-34-28(21)33)35-29(40)30(41)38-18-20(2)9-12-27(38)22-10-11-26-23(13-22)19-39(36-26)25-15-31(3,4)37(7)32(5,6)16-25;1-16-7-9-20(24-14-16)17-8-10-21-18(11-17)15-27(25-21)19-12-22(2,3)26(6)23(4,5)13-19;1-2-5-3-6(4-11-7(5)10)12-8(13)9(14)15/h10-11,13-14,17,19-20,25,27H,8-9,12,15-16,18H2,1-7H3,(H2,33,34)(H,35,40);8,10-11,15-16,19-20,24H,7,9,12-14H2,1-6H3;3-4H,2H2,1H3,(H2,10,11)(H,12,13)(H,14,15)/t20-,27+;16-,20+;/m00./s1. The number of aromatic nitrogens is 6. The quantitative estimate of drug-likeness (QED) is 0.0777. The summed E-state index contributed by atoms with van der Waals surface area (Å²) in [5.41, 5.74) is 18.9. The molecule has 0 spiro atoms. The number of nitrogens with two attached hydrogens (primary N) is 2. The maximum absolute atomic E-state index is 13.5. The van der Waals surface area contributed by atoms with E-state index in [1.807, 2.05) is 13.8 Å². The predicted octanol–water partition coefficient (Wildman–Crippen LogP) is 10.5. The third kappa shape index (κ3) is 14.2. The Bertz CT molecular complexity index is 3280. The number of rotatable bonds is 8. The number of likely N-dealkylation sites (tertiary alicyclic amines) is 3. The Balaban J connectivity index is 0.000000183. The molecule has 2 aromatic carbocycles. The zero-order valence-corrected chi connectivity index (χ0v) is 51.6. The van der Waals surface area contributed by atoms with E-state index in [0.717, 1.165) is 84.1 Å². The number of nitrogens with zero attached hydrogens (tertiary/aromatic N) is 9. The van der Waals surface area contributed by atoms with Crippen molar-refractivity contribution in [3.8, 4) is 0 Å². The van der Waals surface area contributed by atoms with Crippen molar-refractivity contribution in [2.24, 2.45) is 11.8 Å². The molecule has 448 valence electrons. The fourth-order valence-corrected chi connectivity index (χ4v) is 13.2. The van der Waals surface area contributed by atoms with Gasteiger partial charge in [0, 0.05) is 57.9 Å². The molecule has 3 amide bonds. The summed E-state index contributed by atoms with van der Waals surface area (Å²) < 4.78 is 4.40. The van der Waals surface area contributed by atoms with Gasteiger partial charge in [0.1, 0.15) is 11.6 Å². The number of nitrogens with one attached hydrogen (secondary N) is 3. The van der Waals surface area contributed by atoms with Gasteiger partial charge < -0.3 is 37.4 Å². The van der Waals surface area contributed by atoms with E-state index in [4.69, 9.17) is 26.8 Å². The number of pyridine rings is 2. The summed E-state index contributed by atoms with van der Waals surface area (Å²) in [5, 5.41) is 29.3. The molecule has 4 fully saturated rings. The van der Waals surface area contributed by atoms with Crippen molar-refractivity contribution >= 4 is 68.5 Å². The molecule has 6 aromatic rings. The zero-order valence-electron chi connectivity index (χ0n) is 51.6. The summed E-state index contributed by atoms with van der Waals surface area (Å²) in [7, 11) is 4.48. The number of nitrogen functional groups attached to an aromatic ring is 2. The lowest BCUT2D eigenvalue weighted by molar-refractivity contribution is -0.147. The van der Waals surface area contributed by atoms with Crippen LogP contribution in [-0.2, 0) is 32.0 Å². The van der Waals surface area contributed by atoms with Crippen LogP contribution in [0.15, 0.2) is 73.3 Å². The highest BCUT2D eigenvalue weighted by Crippen LogP contribution is 2.44. The number of piperidine rings is 4. The van der Waals surface area contributed by atoms with Gasteiger partial charge in [-0.3, -0.25) is 33.5 Å². The van der Waals surface area contributed by atoms with Gasteiger partial charge in [-0.1, -0.05) is 39.8 Å². The number of carbonyl (C=O) groups excluding carboxylic acids is 3. The number of aryl methyl sites for hydroxylation is 2. The molecule has 19 nitrogen and oxygen atoms in total. The van der Waals surface area contributed by atoms with Crippen LogP contribution >= 0.6 is 0 Å². The lowest BCUT2D eigenvalue weighted by Gasteiger charge is -2.53. The smallest absolute Gasteiger partial charge is 0.394 e. The largest absolute Gasteiger partial charge is 0.474 e. The van der Waals surface area contributed by atoms with E-state index in [9.17, 15) is 19.2 Å². The molecule has 0 saturated carbocycles. The number of fused-ring (bicyclic) bond motifs is 2. The second-order valence-corrected chi connectivity index (χ2v) is 26.6. The second kappa shape index (κ2) is 24.7. The minimum atomic E-state index is -1.54. The van der Waals surface area contributed by atoms with E-state index in [1.165, 1.54) is 36.2 Å². The van der Waals surface area contributed by atoms with Crippen LogP contribution in [0.1, 0.15) is 181 Å². The molecule has 8 heterocycles. The molecule has 8 N–H and O–H groups in total. The van der Waals surface area contributed by atoms with Crippen molar-refractivity contribution in [3.63, 3.8) is 0 Å². The van der Waals surface area contributed by atoms with Crippen LogP contribution in [0, 0.1) is 11.8 Å². The Morgan fingerprint density at radius 2 is 1.07 bits per heavy atom. The van der Waals surface area contributed by atoms with Gasteiger partial charge in [0.25, 0.3) is 0 Å². The number of hydrogen-bond donors (Lipinski definition) is 6. The van der Waals surface area contributed by atoms with Crippen molar-refractivity contribution in [2.75, 3.05) is 49.3 Å². The first kappa shape index (κ1) is 62.1. The fraction of sp³-hybridized carbons (Fsp3) is 0.562. The SMILES string of the molecule is CCc1cc(NC(=O)C(=O)N2C[C@@H](C)CC[C@@H]2c2ccc3nn(C4CC(C)(C)N(C)C(C)(C)C4)cc3c2)cnc1N.CCc1cc(NC(=O)C(=O)O)cnc1N.C[C@H]1CC[C@H](c2ccc3nn(C4CC(C)(C)N(C)C(C)(C)C4)cc3c2)NC1. The summed E-state index contributed by atoms with van der Waals surface area (Å²) in [4.78, 5) is 62.5. The highest BCUT2D eigenvalue weighted by Gasteiger charge is 2.45. The molecule has 0 radical (unpaired) electrons. The number of carboxylic acid groups (broad SMARTS) is 1. The van der Waals surface area contributed by atoms with Gasteiger partial charge in [-0.2, -0.15) is 10.2 Å². The number of anilines is 4. The van der Waals surface area contributed by atoms with Crippen LogP contribution < -0.4 is 27.4 Å². The average molecular weight is 1140 g/mol. The molecular weight excluding hydrogens is 1040 g/mol. The van der Waals surface area contributed by atoms with E-state index >= 15 is 0 Å². The Labute approximate surface area is 490 Å². The highest BCUT2D eigenvalue weighted by atomic mass is 16.4. The number of aliphatic carboxylic acids is 1. The maximum atomic E-state index is 13.5. The molecule has 0 aliphatic carbocycles. The average Bonchev–Trinajstić information content (AvgIpc) is 3.09. The third-order valence-corrected chi connectivity index (χ3v) is 18.6. The molecule has 4 aliphatic rings. The summed E-state index contributed by atoms with van der Waals surface area (Å²) in [6, 6.07) is 17.6. The van der Waals surface area contributed by atoms with E-state index in [0.29, 0.717) is 66.4 Å². The topological polar surface area (TPSA) is 248 Å². The summed E-state index contributed by atoms with van der Waals surface area (Å²) >= 11 is 0. The molecular formula is C64H92N14O5. The van der Waals surface area contributed by atoms with Gasteiger partial charge in [0.2, 0.25) is 0 Å². The molecule has 83 heavy (non-hydrogen) atoms. The Kier molecular flexibility index (Phi) is 18.5. The van der Waals surface area contributed by atoms with Gasteiger partial charge in [-0.15, -0.1) is 0 Å². The van der Waals surface area contributed by atoms with E-state index in [-0.39, 0.29) is 28.2 Å². The number of amides is 3. The first-order chi connectivity index (χ1) is 39.0. The molecule has 10 rings (SSSR count). The van der Waals surface area contributed by atoms with Crippen molar-refractivity contribution < 1.29 is 24.3 Å². The fourth-order valence-electron chi connectivity index (χ4n) is 13.2. The molecule has 0 bridgehead atoms. The molecule has 4 atom stereocenters. The normalized spacial score (nSPS) is 22.7. The van der Waals surface area contributed by atoms with E-state index in [2.05, 4.69) is 177 Å². The number of carboxylic acids is 1. The minimum absolute atomic E-state index is 0.0659. The highest BCUT2D eigenvalue weighted by molar-refractivity contribution is 6.39. The number of hydrogen-bond acceptors (Lipinski definition) is 13. The molecule has 4 aliphatic heterocycles. The number of carbonyl (C=O) groups is 4. The number of benzene rings is 2. The van der Waals surface area contributed by atoms with Crippen LogP contribution in [0.3, 0.4) is 0 Å². The van der Waals surface area contributed by atoms with Crippen LogP contribution in [0.5, 0.6) is 0 Å². The lowest BCUT2D eigenvalue weighted by Crippen LogP contribution is -2.58. The predicted molar refractivity (Wildman–Crippen MR) is 331 cm³/mol. The summed E-state index contributed by atoms with van der Waals surface area (Å²) in [5.74, 6) is -1.88. The third-order valence-electron chi connectivity index (χ3n) is 18.6. The van der Waals surface area contributed by atoms with E-state index in [1.54, 1.807) is 17.0 Å². The van der Waals surface area contributed by atoms with Crippen molar-refractivity contribution in [2.45, 2.75) is 194 Å². The van der Waals surface area contributed by atoms with Gasteiger partial charge in [-0.05, 0) is 211 Å². The first-order valence-corrected chi connectivity index (χ1v) is 29.8. The maximum Gasteiger partial charge on any atom is 0.394 e. The molecule has 19 heteroatoms. The summed E-state index contributed by atoms with van der Waals surface area (Å²) in [6.45, 7) is 28.6. The van der Waals surface area contributed by atoms with Crippen LogP contribution in [-0.4, -0.2) is 122 Å². The van der Waals surface area contributed by atoms with Crippen molar-refractivity contribution in [1.29, 1.82) is 0 Å². The van der Waals surface area contributed by atoms with E-state index < -0.39 is 23.7 Å².